The first-order chi connectivity index (χ1) is 16.7. The second-order valence-electron chi connectivity index (χ2n) is 8.01. The fourth-order valence-electron chi connectivity index (χ4n) is 3.64. The standard InChI is InChI=1S/C22H27ClN8O3S/c1-30-9-11-31(12-10-30)15-7-8-19(20(13-15)34-2)27-22-25-14-16(23)21(28-22)26-17-5-3-4-6-18(17)29-35(24,32)33/h3-8,13-14,29H,9-12H2,1-2H3,(H2,24,32,33)(H2,25,26,27,28). The van der Waals surface area contributed by atoms with Gasteiger partial charge >= 0.3 is 0 Å². The molecule has 1 aliphatic rings. The lowest BCUT2D eigenvalue weighted by Crippen LogP contribution is -2.44. The van der Waals surface area contributed by atoms with Gasteiger partial charge in [-0.1, -0.05) is 23.7 Å². The Hall–Kier alpha value is -3.32. The molecule has 0 bridgehead atoms. The topological polar surface area (TPSA) is 138 Å². The highest BCUT2D eigenvalue weighted by Crippen LogP contribution is 2.33. The summed E-state index contributed by atoms with van der Waals surface area (Å²) in [7, 11) is -0.230. The van der Waals surface area contributed by atoms with Gasteiger partial charge in [-0.05, 0) is 31.3 Å². The summed E-state index contributed by atoms with van der Waals surface area (Å²) >= 11 is 6.30. The zero-order valence-electron chi connectivity index (χ0n) is 19.3. The van der Waals surface area contributed by atoms with E-state index in [9.17, 15) is 8.42 Å². The maximum absolute atomic E-state index is 11.5. The van der Waals surface area contributed by atoms with Gasteiger partial charge in [0, 0.05) is 37.9 Å². The van der Waals surface area contributed by atoms with Crippen LogP contribution in [0.15, 0.2) is 48.7 Å². The Kier molecular flexibility index (Phi) is 7.45. The van der Waals surface area contributed by atoms with Crippen LogP contribution in [0.25, 0.3) is 0 Å². The van der Waals surface area contributed by atoms with Gasteiger partial charge < -0.3 is 25.2 Å². The molecule has 2 heterocycles. The lowest BCUT2D eigenvalue weighted by Gasteiger charge is -2.34. The quantitative estimate of drug-likeness (QED) is 0.354. The number of aromatic nitrogens is 2. The third-order valence-corrected chi connectivity index (χ3v) is 6.26. The minimum absolute atomic E-state index is 0.248. The second kappa shape index (κ2) is 10.5. The fourth-order valence-corrected chi connectivity index (χ4v) is 4.26. The zero-order chi connectivity index (χ0) is 25.0. The number of nitrogens with zero attached hydrogens (tertiary/aromatic N) is 4. The number of para-hydroxylation sites is 2. The van der Waals surface area contributed by atoms with Crippen molar-refractivity contribution in [3.05, 3.63) is 53.7 Å². The second-order valence-corrected chi connectivity index (χ2v) is 9.71. The molecule has 0 amide bonds. The first-order valence-corrected chi connectivity index (χ1v) is 12.7. The van der Waals surface area contributed by atoms with Crippen molar-refractivity contribution in [3.8, 4) is 5.75 Å². The molecule has 186 valence electrons. The van der Waals surface area contributed by atoms with Crippen LogP contribution in [0.1, 0.15) is 0 Å². The van der Waals surface area contributed by atoms with Crippen LogP contribution in [-0.4, -0.2) is 63.6 Å². The van der Waals surface area contributed by atoms with Crippen molar-refractivity contribution in [1.29, 1.82) is 0 Å². The summed E-state index contributed by atoms with van der Waals surface area (Å²) in [5.41, 5.74) is 2.44. The van der Waals surface area contributed by atoms with Crippen molar-refractivity contribution >= 4 is 56.3 Å². The number of methoxy groups -OCH3 is 1. The summed E-state index contributed by atoms with van der Waals surface area (Å²) in [6.07, 6.45) is 1.44. The van der Waals surface area contributed by atoms with E-state index in [0.717, 1.165) is 31.9 Å². The Balaban J connectivity index is 1.55. The Bertz CT molecular complexity index is 1300. The molecule has 4 rings (SSSR count). The molecule has 0 spiro atoms. The summed E-state index contributed by atoms with van der Waals surface area (Å²) in [6.45, 7) is 3.91. The highest BCUT2D eigenvalue weighted by Gasteiger charge is 2.17. The van der Waals surface area contributed by atoms with E-state index in [4.69, 9.17) is 21.5 Å². The van der Waals surface area contributed by atoms with Crippen molar-refractivity contribution in [2.45, 2.75) is 0 Å². The Morgan fingerprint density at radius 3 is 2.43 bits per heavy atom. The van der Waals surface area contributed by atoms with Crippen LogP contribution < -0.4 is 30.1 Å². The van der Waals surface area contributed by atoms with Gasteiger partial charge in [0.2, 0.25) is 5.95 Å². The SMILES string of the molecule is COc1cc(N2CCN(C)CC2)ccc1Nc1ncc(Cl)c(Nc2ccccc2NS(N)(=O)=O)n1. The fraction of sp³-hybridized carbons (Fsp3) is 0.273. The highest BCUT2D eigenvalue weighted by atomic mass is 35.5. The van der Waals surface area contributed by atoms with Gasteiger partial charge in [-0.25, -0.2) is 10.1 Å². The number of hydrogen-bond acceptors (Lipinski definition) is 9. The number of likely N-dealkylation sites (N-methyl/N-ethyl adjacent to an activating group) is 1. The molecule has 0 unspecified atom stereocenters. The van der Waals surface area contributed by atoms with Gasteiger partial charge in [0.25, 0.3) is 10.2 Å². The minimum atomic E-state index is -3.96. The molecular formula is C22H27ClN8O3S. The summed E-state index contributed by atoms with van der Waals surface area (Å²) < 4.78 is 30.8. The molecule has 1 saturated heterocycles. The number of nitrogens with one attached hydrogen (secondary N) is 3. The van der Waals surface area contributed by atoms with E-state index >= 15 is 0 Å². The number of benzene rings is 2. The lowest BCUT2D eigenvalue weighted by atomic mass is 10.2. The normalized spacial score (nSPS) is 14.5. The average molecular weight is 519 g/mol. The van der Waals surface area contributed by atoms with Crippen LogP contribution in [0, 0.1) is 0 Å². The summed E-state index contributed by atoms with van der Waals surface area (Å²) in [4.78, 5) is 13.3. The maximum Gasteiger partial charge on any atom is 0.296 e. The molecule has 0 radical (unpaired) electrons. The zero-order valence-corrected chi connectivity index (χ0v) is 20.9. The number of nitrogens with two attached hydrogens (primary N) is 1. The van der Waals surface area contributed by atoms with Gasteiger partial charge in [0.15, 0.2) is 5.82 Å². The largest absolute Gasteiger partial charge is 0.494 e. The van der Waals surface area contributed by atoms with Crippen molar-refractivity contribution in [2.24, 2.45) is 5.14 Å². The van der Waals surface area contributed by atoms with Gasteiger partial charge in [0.05, 0.1) is 30.4 Å². The molecule has 0 atom stereocenters. The number of halogens is 1. The number of rotatable bonds is 8. The molecule has 0 aliphatic carbocycles. The molecule has 1 aromatic heterocycles. The van der Waals surface area contributed by atoms with Crippen LogP contribution in [0.2, 0.25) is 5.02 Å². The first kappa shape index (κ1) is 24.8. The molecule has 1 aliphatic heterocycles. The Morgan fingerprint density at radius 2 is 1.74 bits per heavy atom. The van der Waals surface area contributed by atoms with Crippen molar-refractivity contribution in [2.75, 3.05) is 60.6 Å². The Labute approximate surface area is 209 Å². The minimum Gasteiger partial charge on any atom is -0.494 e. The van der Waals surface area contributed by atoms with Crippen LogP contribution >= 0.6 is 11.6 Å². The van der Waals surface area contributed by atoms with Gasteiger partial charge in [0.1, 0.15) is 10.8 Å². The number of piperazine rings is 1. The van der Waals surface area contributed by atoms with Gasteiger partial charge in [-0.15, -0.1) is 0 Å². The smallest absolute Gasteiger partial charge is 0.296 e. The molecule has 0 saturated carbocycles. The van der Waals surface area contributed by atoms with E-state index < -0.39 is 10.2 Å². The molecule has 5 N–H and O–H groups in total. The molecule has 2 aromatic carbocycles. The van der Waals surface area contributed by atoms with Gasteiger partial charge in [-0.2, -0.15) is 13.4 Å². The van der Waals surface area contributed by atoms with E-state index in [0.29, 0.717) is 17.1 Å². The number of ether oxygens (including phenoxy) is 1. The number of anilines is 6. The predicted molar refractivity (Wildman–Crippen MR) is 139 cm³/mol. The summed E-state index contributed by atoms with van der Waals surface area (Å²) in [5, 5.41) is 11.6. The Morgan fingerprint density at radius 1 is 1.03 bits per heavy atom. The maximum atomic E-state index is 11.5. The van der Waals surface area contributed by atoms with Crippen LogP contribution in [0.5, 0.6) is 5.75 Å². The molecule has 35 heavy (non-hydrogen) atoms. The van der Waals surface area contributed by atoms with Gasteiger partial charge in [-0.3, -0.25) is 4.72 Å². The first-order valence-electron chi connectivity index (χ1n) is 10.8. The monoisotopic (exact) mass is 518 g/mol. The molecule has 13 heteroatoms. The van der Waals surface area contributed by atoms with Crippen LogP contribution in [0.4, 0.5) is 34.5 Å². The van der Waals surface area contributed by atoms with Crippen LogP contribution in [0.3, 0.4) is 0 Å². The van der Waals surface area contributed by atoms with E-state index in [1.165, 1.54) is 6.20 Å². The van der Waals surface area contributed by atoms with E-state index in [1.807, 2.05) is 18.2 Å². The average Bonchev–Trinajstić information content (AvgIpc) is 2.82. The summed E-state index contributed by atoms with van der Waals surface area (Å²) in [5.74, 6) is 1.21. The van der Waals surface area contributed by atoms with E-state index in [1.54, 1.807) is 31.4 Å². The molecule has 11 nitrogen and oxygen atoms in total. The third kappa shape index (κ3) is 6.42. The van der Waals surface area contributed by atoms with E-state index in [2.05, 4.69) is 42.2 Å². The van der Waals surface area contributed by atoms with Crippen molar-refractivity contribution < 1.29 is 13.2 Å². The molecule has 1 fully saturated rings. The van der Waals surface area contributed by atoms with Crippen molar-refractivity contribution in [1.82, 2.24) is 14.9 Å². The van der Waals surface area contributed by atoms with E-state index in [-0.39, 0.29) is 22.5 Å². The predicted octanol–water partition coefficient (Wildman–Crippen LogP) is 2.99. The molecular weight excluding hydrogens is 492 g/mol. The molecule has 3 aromatic rings. The van der Waals surface area contributed by atoms with Crippen molar-refractivity contribution in [3.63, 3.8) is 0 Å². The third-order valence-electron chi connectivity index (χ3n) is 5.48. The lowest BCUT2D eigenvalue weighted by molar-refractivity contribution is 0.312. The van der Waals surface area contributed by atoms with Crippen LogP contribution in [-0.2, 0) is 10.2 Å². The summed E-state index contributed by atoms with van der Waals surface area (Å²) in [6, 6.07) is 12.6. The highest BCUT2D eigenvalue weighted by molar-refractivity contribution is 7.90. The number of hydrogen-bond donors (Lipinski definition) is 4.